The number of allylic oxidation sites excluding steroid dienone is 5. The summed E-state index contributed by atoms with van der Waals surface area (Å²) in [6.45, 7) is 0. The number of rotatable bonds is 4. The van der Waals surface area contributed by atoms with E-state index in [0.717, 1.165) is 12.8 Å². The Hall–Kier alpha value is -0.940. The molecule has 0 saturated heterocycles. The number of nitrogens with two attached hydrogens (primary N) is 1. The van der Waals surface area contributed by atoms with Crippen LogP contribution in [-0.4, -0.2) is 28.0 Å². The van der Waals surface area contributed by atoms with E-state index < -0.39 is 11.7 Å². The summed E-state index contributed by atoms with van der Waals surface area (Å²) in [5, 5.41) is 19.5. The molecule has 2 aliphatic carbocycles. The Morgan fingerprint density at radius 2 is 2.24 bits per heavy atom. The van der Waals surface area contributed by atoms with Gasteiger partial charge in [0.15, 0.2) is 0 Å². The van der Waals surface area contributed by atoms with Crippen LogP contribution in [0.15, 0.2) is 36.0 Å². The number of nitrogens with one attached hydrogen (secondary N) is 1. The van der Waals surface area contributed by atoms with Gasteiger partial charge in [0, 0.05) is 6.42 Å². The van der Waals surface area contributed by atoms with Crippen molar-refractivity contribution in [3.63, 3.8) is 0 Å². The normalized spacial score (nSPS) is 40.6. The fourth-order valence-corrected chi connectivity index (χ4v) is 2.18. The van der Waals surface area contributed by atoms with Gasteiger partial charge in [-0.15, -0.1) is 0 Å². The standard InChI is InChI=1S/C13H20N2O2/c14-15-11(13(17)9-12(13)16)8-10-6-4-2-1-3-5-7-10/h2-6,11-12,15-17H,1,7-9,14H2/b4-2-,5-3-,10-6+/t11-,12?,13?/m0/s1. The van der Waals surface area contributed by atoms with Crippen LogP contribution >= 0.6 is 0 Å². The first kappa shape index (κ1) is 12.5. The predicted octanol–water partition coefficient (Wildman–Crippen LogP) is 0.537. The van der Waals surface area contributed by atoms with E-state index in [0.29, 0.717) is 12.8 Å². The Labute approximate surface area is 101 Å². The average Bonchev–Trinajstić information content (AvgIpc) is 2.86. The molecule has 0 spiro atoms. The number of hydrazine groups is 1. The van der Waals surface area contributed by atoms with Crippen molar-refractivity contribution in [3.8, 4) is 0 Å². The lowest BCUT2D eigenvalue weighted by molar-refractivity contribution is 0.0509. The van der Waals surface area contributed by atoms with Gasteiger partial charge in [0.25, 0.3) is 0 Å². The van der Waals surface area contributed by atoms with Gasteiger partial charge in [-0.3, -0.25) is 11.3 Å². The molecule has 3 atom stereocenters. The molecule has 0 bridgehead atoms. The van der Waals surface area contributed by atoms with E-state index in [9.17, 15) is 10.2 Å². The summed E-state index contributed by atoms with van der Waals surface area (Å²) in [7, 11) is 0. The van der Waals surface area contributed by atoms with Gasteiger partial charge in [0.1, 0.15) is 5.60 Å². The van der Waals surface area contributed by atoms with Crippen LogP contribution < -0.4 is 11.3 Å². The van der Waals surface area contributed by atoms with Gasteiger partial charge in [-0.05, 0) is 19.3 Å². The van der Waals surface area contributed by atoms with Gasteiger partial charge in [0.2, 0.25) is 0 Å². The monoisotopic (exact) mass is 236 g/mol. The molecule has 0 aromatic heterocycles. The lowest BCUT2D eigenvalue weighted by Gasteiger charge is -2.23. The van der Waals surface area contributed by atoms with Gasteiger partial charge in [-0.1, -0.05) is 36.0 Å². The van der Waals surface area contributed by atoms with E-state index in [1.54, 1.807) is 0 Å². The SMILES string of the molecule is NN[C@@H](C/C1=C/C=C\C/C=C\C1)C1(O)CC1O. The highest BCUT2D eigenvalue weighted by atomic mass is 16.4. The molecule has 2 rings (SSSR count). The largest absolute Gasteiger partial charge is 0.390 e. The highest BCUT2D eigenvalue weighted by Crippen LogP contribution is 2.41. The third kappa shape index (κ3) is 2.84. The quantitative estimate of drug-likeness (QED) is 0.326. The first-order chi connectivity index (χ1) is 8.16. The molecule has 17 heavy (non-hydrogen) atoms. The van der Waals surface area contributed by atoms with Gasteiger partial charge < -0.3 is 10.2 Å². The molecule has 0 amide bonds. The zero-order valence-electron chi connectivity index (χ0n) is 9.84. The fraction of sp³-hybridized carbons (Fsp3) is 0.538. The second-order valence-corrected chi connectivity index (χ2v) is 4.80. The van der Waals surface area contributed by atoms with Crippen LogP contribution in [0.4, 0.5) is 0 Å². The Balaban J connectivity index is 2.01. The van der Waals surface area contributed by atoms with Gasteiger partial charge in [-0.2, -0.15) is 0 Å². The molecule has 5 N–H and O–H groups in total. The topological polar surface area (TPSA) is 78.5 Å². The zero-order valence-corrected chi connectivity index (χ0v) is 9.84. The minimum atomic E-state index is -1.05. The van der Waals surface area contributed by atoms with Gasteiger partial charge >= 0.3 is 0 Å². The maximum Gasteiger partial charge on any atom is 0.110 e. The lowest BCUT2D eigenvalue weighted by Crippen LogP contribution is -2.47. The molecular formula is C13H20N2O2. The number of hydrogen-bond acceptors (Lipinski definition) is 4. The molecule has 2 unspecified atom stereocenters. The molecule has 0 heterocycles. The van der Waals surface area contributed by atoms with Crippen LogP contribution in [0.2, 0.25) is 0 Å². The molecule has 1 fully saturated rings. The highest BCUT2D eigenvalue weighted by molar-refractivity contribution is 5.22. The molecule has 4 heteroatoms. The van der Waals surface area contributed by atoms with Crippen molar-refractivity contribution in [2.75, 3.05) is 0 Å². The molecule has 0 radical (unpaired) electrons. The summed E-state index contributed by atoms with van der Waals surface area (Å²) < 4.78 is 0. The minimum Gasteiger partial charge on any atom is -0.390 e. The van der Waals surface area contributed by atoms with E-state index in [2.05, 4.69) is 29.7 Å². The van der Waals surface area contributed by atoms with E-state index in [4.69, 9.17) is 5.84 Å². The fourth-order valence-electron chi connectivity index (χ4n) is 2.18. The first-order valence-corrected chi connectivity index (χ1v) is 6.03. The molecule has 1 saturated carbocycles. The Kier molecular flexibility index (Phi) is 3.79. The summed E-state index contributed by atoms with van der Waals surface area (Å²) in [5.41, 5.74) is 2.77. The molecule has 2 aliphatic rings. The molecule has 0 aromatic carbocycles. The number of aliphatic hydroxyl groups excluding tert-OH is 1. The van der Waals surface area contributed by atoms with E-state index in [1.807, 2.05) is 6.08 Å². The van der Waals surface area contributed by atoms with Crippen LogP contribution in [0.25, 0.3) is 0 Å². The third-order valence-electron chi connectivity index (χ3n) is 3.50. The molecule has 0 aliphatic heterocycles. The Morgan fingerprint density at radius 3 is 2.88 bits per heavy atom. The summed E-state index contributed by atoms with van der Waals surface area (Å²) in [6, 6.07) is -0.287. The molecule has 4 nitrogen and oxygen atoms in total. The van der Waals surface area contributed by atoms with Gasteiger partial charge in [0.05, 0.1) is 12.1 Å². The molecule has 0 aromatic rings. The Morgan fingerprint density at radius 1 is 1.47 bits per heavy atom. The zero-order chi connectivity index (χ0) is 12.3. The second-order valence-electron chi connectivity index (χ2n) is 4.80. The molecule has 94 valence electrons. The van der Waals surface area contributed by atoms with Crippen LogP contribution in [0.3, 0.4) is 0 Å². The van der Waals surface area contributed by atoms with Gasteiger partial charge in [-0.25, -0.2) is 0 Å². The summed E-state index contributed by atoms with van der Waals surface area (Å²) in [5.74, 6) is 5.46. The average molecular weight is 236 g/mol. The van der Waals surface area contributed by atoms with Crippen LogP contribution in [0.5, 0.6) is 0 Å². The second kappa shape index (κ2) is 5.14. The lowest BCUT2D eigenvalue weighted by atomic mass is 9.96. The van der Waals surface area contributed by atoms with Crippen molar-refractivity contribution in [1.82, 2.24) is 5.43 Å². The summed E-state index contributed by atoms with van der Waals surface area (Å²) >= 11 is 0. The predicted molar refractivity (Wildman–Crippen MR) is 66.9 cm³/mol. The first-order valence-electron chi connectivity index (χ1n) is 6.03. The third-order valence-corrected chi connectivity index (χ3v) is 3.50. The molecular weight excluding hydrogens is 216 g/mol. The van der Waals surface area contributed by atoms with Crippen LogP contribution in [-0.2, 0) is 0 Å². The maximum absolute atomic E-state index is 10.1. The smallest absolute Gasteiger partial charge is 0.110 e. The van der Waals surface area contributed by atoms with E-state index in [-0.39, 0.29) is 6.04 Å². The van der Waals surface area contributed by atoms with Crippen molar-refractivity contribution < 1.29 is 10.2 Å². The van der Waals surface area contributed by atoms with Crippen molar-refractivity contribution >= 4 is 0 Å². The van der Waals surface area contributed by atoms with Crippen molar-refractivity contribution in [2.45, 2.75) is 43.4 Å². The van der Waals surface area contributed by atoms with Crippen LogP contribution in [0, 0.1) is 0 Å². The Bertz CT molecular complexity index is 362. The number of hydrogen-bond donors (Lipinski definition) is 4. The minimum absolute atomic E-state index is 0.287. The van der Waals surface area contributed by atoms with Crippen molar-refractivity contribution in [2.24, 2.45) is 5.84 Å². The van der Waals surface area contributed by atoms with Crippen LogP contribution in [0.1, 0.15) is 25.7 Å². The van der Waals surface area contributed by atoms with Crippen molar-refractivity contribution in [3.05, 3.63) is 36.0 Å². The number of aliphatic hydroxyl groups is 2. The summed E-state index contributed by atoms with van der Waals surface area (Å²) in [6.07, 6.45) is 12.7. The van der Waals surface area contributed by atoms with E-state index >= 15 is 0 Å². The summed E-state index contributed by atoms with van der Waals surface area (Å²) in [4.78, 5) is 0. The van der Waals surface area contributed by atoms with E-state index in [1.165, 1.54) is 5.57 Å². The van der Waals surface area contributed by atoms with Crippen molar-refractivity contribution in [1.29, 1.82) is 0 Å². The maximum atomic E-state index is 10.1. The highest BCUT2D eigenvalue weighted by Gasteiger charge is 2.57.